The number of nitrogens with zero attached hydrogens (tertiary/aromatic N) is 1. The van der Waals surface area contributed by atoms with Gasteiger partial charge in [-0.05, 0) is 31.0 Å². The minimum absolute atomic E-state index is 0.0763. The van der Waals surface area contributed by atoms with Gasteiger partial charge in [0.25, 0.3) is 0 Å². The lowest BCUT2D eigenvalue weighted by molar-refractivity contribution is -0.124. The zero-order chi connectivity index (χ0) is 19.9. The van der Waals surface area contributed by atoms with Crippen LogP contribution in [0.15, 0.2) is 59.1 Å². The van der Waals surface area contributed by atoms with Crippen molar-refractivity contribution in [1.29, 1.82) is 0 Å². The Kier molecular flexibility index (Phi) is 6.22. The maximum atomic E-state index is 12.1. The van der Waals surface area contributed by atoms with Gasteiger partial charge in [-0.1, -0.05) is 42.5 Å². The summed E-state index contributed by atoms with van der Waals surface area (Å²) in [6.45, 7) is 3.86. The first-order chi connectivity index (χ1) is 13.5. The van der Waals surface area contributed by atoms with Crippen molar-refractivity contribution in [3.63, 3.8) is 0 Å². The zero-order valence-corrected chi connectivity index (χ0v) is 16.0. The Bertz CT molecular complexity index is 964. The summed E-state index contributed by atoms with van der Waals surface area (Å²) < 4.78 is 5.68. The SMILES string of the molecule is Cc1cccc(NC(=O)CNC(=O)CCc2ncc(-c3ccccc3)o2)c1C. The summed E-state index contributed by atoms with van der Waals surface area (Å²) in [5.41, 5.74) is 3.81. The highest BCUT2D eigenvalue weighted by Crippen LogP contribution is 2.20. The Morgan fingerprint density at radius 2 is 1.79 bits per heavy atom. The topological polar surface area (TPSA) is 84.2 Å². The monoisotopic (exact) mass is 377 g/mol. The van der Waals surface area contributed by atoms with Gasteiger partial charge in [-0.2, -0.15) is 0 Å². The lowest BCUT2D eigenvalue weighted by Gasteiger charge is -2.10. The molecular formula is C22H23N3O3. The number of anilines is 1. The van der Waals surface area contributed by atoms with Gasteiger partial charge in [-0.25, -0.2) is 4.98 Å². The summed E-state index contributed by atoms with van der Waals surface area (Å²) in [6.07, 6.45) is 2.23. The third kappa shape index (κ3) is 5.07. The molecule has 0 atom stereocenters. The van der Waals surface area contributed by atoms with Gasteiger partial charge < -0.3 is 15.1 Å². The molecule has 2 N–H and O–H groups in total. The standard InChI is InChI=1S/C22H23N3O3/c1-15-7-6-10-18(16(15)2)25-21(27)14-23-20(26)11-12-22-24-13-19(28-22)17-8-4-3-5-9-17/h3-10,13H,11-12,14H2,1-2H3,(H,23,26)(H,25,27). The normalized spacial score (nSPS) is 10.5. The highest BCUT2D eigenvalue weighted by Gasteiger charge is 2.11. The quantitative estimate of drug-likeness (QED) is 0.658. The first-order valence-corrected chi connectivity index (χ1v) is 9.16. The Hall–Kier alpha value is -3.41. The average molecular weight is 377 g/mol. The maximum Gasteiger partial charge on any atom is 0.243 e. The van der Waals surface area contributed by atoms with Crippen LogP contribution in [0, 0.1) is 13.8 Å². The molecule has 3 rings (SSSR count). The lowest BCUT2D eigenvalue weighted by atomic mass is 10.1. The van der Waals surface area contributed by atoms with Gasteiger partial charge in [0, 0.05) is 24.1 Å². The predicted molar refractivity (Wildman–Crippen MR) is 108 cm³/mol. The molecule has 144 valence electrons. The third-order valence-electron chi connectivity index (χ3n) is 4.50. The van der Waals surface area contributed by atoms with E-state index in [1.54, 1.807) is 6.20 Å². The van der Waals surface area contributed by atoms with Gasteiger partial charge >= 0.3 is 0 Å². The van der Waals surface area contributed by atoms with Crippen LogP contribution in [-0.4, -0.2) is 23.3 Å². The smallest absolute Gasteiger partial charge is 0.243 e. The molecule has 6 nitrogen and oxygen atoms in total. The summed E-state index contributed by atoms with van der Waals surface area (Å²) >= 11 is 0. The van der Waals surface area contributed by atoms with Crippen LogP contribution in [-0.2, 0) is 16.0 Å². The van der Waals surface area contributed by atoms with E-state index in [4.69, 9.17) is 4.42 Å². The van der Waals surface area contributed by atoms with E-state index in [0.717, 1.165) is 22.4 Å². The predicted octanol–water partition coefficient (Wildman–Crippen LogP) is 3.65. The molecule has 0 saturated heterocycles. The van der Waals surface area contributed by atoms with Crippen LogP contribution >= 0.6 is 0 Å². The third-order valence-corrected chi connectivity index (χ3v) is 4.50. The number of rotatable bonds is 7. The van der Waals surface area contributed by atoms with Crippen molar-refractivity contribution in [2.45, 2.75) is 26.7 Å². The zero-order valence-electron chi connectivity index (χ0n) is 16.0. The summed E-state index contributed by atoms with van der Waals surface area (Å²) in [5, 5.41) is 5.44. The Balaban J connectivity index is 1.44. The summed E-state index contributed by atoms with van der Waals surface area (Å²) in [5.74, 6) is 0.679. The van der Waals surface area contributed by atoms with E-state index >= 15 is 0 Å². The van der Waals surface area contributed by atoms with Gasteiger partial charge in [0.2, 0.25) is 11.8 Å². The van der Waals surface area contributed by atoms with Gasteiger partial charge in [0.1, 0.15) is 0 Å². The van der Waals surface area contributed by atoms with Crippen LogP contribution < -0.4 is 10.6 Å². The second-order valence-electron chi connectivity index (χ2n) is 6.56. The summed E-state index contributed by atoms with van der Waals surface area (Å²) in [4.78, 5) is 28.3. The molecule has 2 amide bonds. The fourth-order valence-corrected chi connectivity index (χ4v) is 2.73. The molecule has 0 fully saturated rings. The number of nitrogens with one attached hydrogen (secondary N) is 2. The molecule has 0 aliphatic carbocycles. The molecule has 1 aromatic heterocycles. The lowest BCUT2D eigenvalue weighted by Crippen LogP contribution is -2.33. The highest BCUT2D eigenvalue weighted by molar-refractivity contribution is 5.95. The van der Waals surface area contributed by atoms with E-state index in [2.05, 4.69) is 15.6 Å². The molecule has 0 aliphatic heterocycles. The van der Waals surface area contributed by atoms with E-state index < -0.39 is 0 Å². The van der Waals surface area contributed by atoms with Crippen molar-refractivity contribution in [2.24, 2.45) is 0 Å². The van der Waals surface area contributed by atoms with Crippen molar-refractivity contribution in [3.8, 4) is 11.3 Å². The number of amides is 2. The second-order valence-corrected chi connectivity index (χ2v) is 6.56. The number of benzene rings is 2. The minimum atomic E-state index is -0.260. The Morgan fingerprint density at radius 3 is 2.57 bits per heavy atom. The summed E-state index contributed by atoms with van der Waals surface area (Å²) in [6, 6.07) is 15.4. The molecule has 1 heterocycles. The van der Waals surface area contributed by atoms with E-state index in [0.29, 0.717) is 18.1 Å². The minimum Gasteiger partial charge on any atom is -0.441 e. The van der Waals surface area contributed by atoms with Crippen LogP contribution in [0.25, 0.3) is 11.3 Å². The van der Waals surface area contributed by atoms with Crippen LogP contribution in [0.1, 0.15) is 23.4 Å². The van der Waals surface area contributed by atoms with Crippen molar-refractivity contribution in [3.05, 3.63) is 71.7 Å². The number of carbonyl (C=O) groups is 2. The maximum absolute atomic E-state index is 12.1. The molecule has 28 heavy (non-hydrogen) atoms. The fraction of sp³-hybridized carbons (Fsp3) is 0.227. The van der Waals surface area contributed by atoms with E-state index in [1.807, 2.05) is 62.4 Å². The molecular weight excluding hydrogens is 354 g/mol. The molecule has 0 saturated carbocycles. The summed E-state index contributed by atoms with van der Waals surface area (Å²) in [7, 11) is 0. The molecule has 2 aromatic carbocycles. The molecule has 0 aliphatic rings. The van der Waals surface area contributed by atoms with Crippen molar-refractivity contribution in [1.82, 2.24) is 10.3 Å². The first-order valence-electron chi connectivity index (χ1n) is 9.16. The number of aryl methyl sites for hydroxylation is 2. The molecule has 6 heteroatoms. The largest absolute Gasteiger partial charge is 0.441 e. The number of carbonyl (C=O) groups excluding carboxylic acids is 2. The number of oxazole rings is 1. The average Bonchev–Trinajstić information content (AvgIpc) is 3.18. The second kappa shape index (κ2) is 8.99. The van der Waals surface area contributed by atoms with Crippen LogP contribution in [0.2, 0.25) is 0 Å². The number of aromatic nitrogens is 1. The Labute approximate surface area is 164 Å². The first kappa shape index (κ1) is 19.4. The molecule has 0 unspecified atom stereocenters. The van der Waals surface area contributed by atoms with Gasteiger partial charge in [0.15, 0.2) is 11.7 Å². The van der Waals surface area contributed by atoms with Crippen molar-refractivity contribution < 1.29 is 14.0 Å². The molecule has 0 bridgehead atoms. The van der Waals surface area contributed by atoms with Crippen molar-refractivity contribution in [2.75, 3.05) is 11.9 Å². The van der Waals surface area contributed by atoms with Gasteiger partial charge in [-0.15, -0.1) is 0 Å². The van der Waals surface area contributed by atoms with Gasteiger partial charge in [0.05, 0.1) is 12.7 Å². The van der Waals surface area contributed by atoms with E-state index in [-0.39, 0.29) is 24.8 Å². The van der Waals surface area contributed by atoms with E-state index in [1.165, 1.54) is 0 Å². The number of hydrogen-bond donors (Lipinski definition) is 2. The highest BCUT2D eigenvalue weighted by atomic mass is 16.4. The van der Waals surface area contributed by atoms with E-state index in [9.17, 15) is 9.59 Å². The molecule has 0 radical (unpaired) electrons. The number of hydrogen-bond acceptors (Lipinski definition) is 4. The van der Waals surface area contributed by atoms with Crippen LogP contribution in [0.3, 0.4) is 0 Å². The van der Waals surface area contributed by atoms with Gasteiger partial charge in [-0.3, -0.25) is 9.59 Å². The fourth-order valence-electron chi connectivity index (χ4n) is 2.73. The van der Waals surface area contributed by atoms with Crippen LogP contribution in [0.5, 0.6) is 0 Å². The van der Waals surface area contributed by atoms with Crippen LogP contribution in [0.4, 0.5) is 5.69 Å². The van der Waals surface area contributed by atoms with Crippen molar-refractivity contribution >= 4 is 17.5 Å². The molecule has 0 spiro atoms. The molecule has 3 aromatic rings. The Morgan fingerprint density at radius 1 is 1.00 bits per heavy atom.